The Labute approximate surface area is 128 Å². The molecule has 1 aromatic carbocycles. The van der Waals surface area contributed by atoms with Crippen LogP contribution < -0.4 is 5.32 Å². The molecule has 1 unspecified atom stereocenters. The Morgan fingerprint density at radius 3 is 2.60 bits per heavy atom. The van der Waals surface area contributed by atoms with Gasteiger partial charge in [-0.2, -0.15) is 11.8 Å². The molecule has 20 heavy (non-hydrogen) atoms. The molecule has 112 valence electrons. The first-order valence-electron chi connectivity index (χ1n) is 7.52. The lowest BCUT2D eigenvalue weighted by Gasteiger charge is -2.42. The van der Waals surface area contributed by atoms with Crippen molar-refractivity contribution in [3.8, 4) is 0 Å². The Bertz CT molecular complexity index is 418. The minimum Gasteiger partial charge on any atom is -0.319 e. The van der Waals surface area contributed by atoms with Crippen LogP contribution in [0.15, 0.2) is 30.3 Å². The van der Waals surface area contributed by atoms with E-state index in [0.29, 0.717) is 4.75 Å². The average molecular weight is 292 g/mol. The van der Waals surface area contributed by atoms with Crippen LogP contribution in [0.2, 0.25) is 0 Å². The van der Waals surface area contributed by atoms with Gasteiger partial charge < -0.3 is 10.2 Å². The second kappa shape index (κ2) is 6.50. The van der Waals surface area contributed by atoms with Gasteiger partial charge in [0.25, 0.3) is 0 Å². The maximum atomic E-state index is 3.39. The van der Waals surface area contributed by atoms with Crippen LogP contribution >= 0.6 is 11.8 Å². The van der Waals surface area contributed by atoms with Gasteiger partial charge in [-0.1, -0.05) is 37.3 Å². The minimum absolute atomic E-state index is 0.175. The van der Waals surface area contributed by atoms with Crippen molar-refractivity contribution >= 4 is 11.8 Å². The molecule has 0 amide bonds. The van der Waals surface area contributed by atoms with Gasteiger partial charge in [-0.15, -0.1) is 0 Å². The van der Waals surface area contributed by atoms with Gasteiger partial charge in [-0.05, 0) is 26.5 Å². The Kier molecular flexibility index (Phi) is 5.16. The molecule has 1 saturated heterocycles. The van der Waals surface area contributed by atoms with Gasteiger partial charge in [0, 0.05) is 42.1 Å². The summed E-state index contributed by atoms with van der Waals surface area (Å²) in [5.41, 5.74) is 1.61. The van der Waals surface area contributed by atoms with E-state index < -0.39 is 0 Å². The molecule has 1 aliphatic rings. The maximum Gasteiger partial charge on any atom is 0.0231 e. The summed E-state index contributed by atoms with van der Waals surface area (Å²) in [7, 11) is 2.05. The quantitative estimate of drug-likeness (QED) is 0.898. The lowest BCUT2D eigenvalue weighted by molar-refractivity contribution is 0.204. The van der Waals surface area contributed by atoms with E-state index in [9.17, 15) is 0 Å². The number of nitrogens with one attached hydrogen (secondary N) is 1. The molecule has 1 aliphatic heterocycles. The SMILES string of the molecule is CNCC(C)(CN1CCSC(C)(C)C1)c1ccccc1. The van der Waals surface area contributed by atoms with Crippen LogP contribution in [-0.2, 0) is 5.41 Å². The van der Waals surface area contributed by atoms with Crippen molar-refractivity contribution < 1.29 is 0 Å². The maximum absolute atomic E-state index is 3.39. The van der Waals surface area contributed by atoms with Gasteiger partial charge in [-0.3, -0.25) is 0 Å². The minimum atomic E-state index is 0.175. The normalized spacial score (nSPS) is 22.4. The van der Waals surface area contributed by atoms with Crippen LogP contribution in [0.3, 0.4) is 0 Å². The molecule has 0 bridgehead atoms. The van der Waals surface area contributed by atoms with Crippen LogP contribution in [0, 0.1) is 0 Å². The molecule has 0 saturated carbocycles. The van der Waals surface area contributed by atoms with E-state index in [1.165, 1.54) is 24.4 Å². The van der Waals surface area contributed by atoms with Crippen LogP contribution in [-0.4, -0.2) is 48.6 Å². The van der Waals surface area contributed by atoms with Gasteiger partial charge >= 0.3 is 0 Å². The summed E-state index contributed by atoms with van der Waals surface area (Å²) < 4.78 is 0.384. The first-order chi connectivity index (χ1) is 9.45. The van der Waals surface area contributed by atoms with E-state index >= 15 is 0 Å². The molecule has 0 radical (unpaired) electrons. The summed E-state index contributed by atoms with van der Waals surface area (Å²) in [6.45, 7) is 11.6. The van der Waals surface area contributed by atoms with E-state index in [4.69, 9.17) is 0 Å². The van der Waals surface area contributed by atoms with E-state index in [-0.39, 0.29) is 5.41 Å². The molecule has 1 atom stereocenters. The fourth-order valence-corrected chi connectivity index (χ4v) is 4.40. The first-order valence-corrected chi connectivity index (χ1v) is 8.50. The summed E-state index contributed by atoms with van der Waals surface area (Å²) >= 11 is 2.10. The summed E-state index contributed by atoms with van der Waals surface area (Å²) in [4.78, 5) is 2.64. The zero-order chi connectivity index (χ0) is 14.6. The van der Waals surface area contributed by atoms with Gasteiger partial charge in [0.15, 0.2) is 0 Å². The fourth-order valence-electron chi connectivity index (χ4n) is 3.22. The highest BCUT2D eigenvalue weighted by molar-refractivity contribution is 8.00. The Hall–Kier alpha value is -0.510. The van der Waals surface area contributed by atoms with Crippen molar-refractivity contribution in [3.63, 3.8) is 0 Å². The number of likely N-dealkylation sites (N-methyl/N-ethyl adjacent to an activating group) is 1. The molecule has 0 aliphatic carbocycles. The Morgan fingerprint density at radius 1 is 1.30 bits per heavy atom. The highest BCUT2D eigenvalue weighted by atomic mass is 32.2. The lowest BCUT2D eigenvalue weighted by atomic mass is 9.81. The third kappa shape index (κ3) is 4.00. The Morgan fingerprint density at radius 2 is 2.00 bits per heavy atom. The molecule has 0 aromatic heterocycles. The van der Waals surface area contributed by atoms with Crippen LogP contribution in [0.1, 0.15) is 26.3 Å². The van der Waals surface area contributed by atoms with Crippen molar-refractivity contribution in [2.24, 2.45) is 0 Å². The smallest absolute Gasteiger partial charge is 0.0231 e. The standard InChI is InChI=1S/C17H28N2S/c1-16(2)13-19(10-11-20-16)14-17(3,12-18-4)15-8-6-5-7-9-15/h5-9,18H,10-14H2,1-4H3. The Balaban J connectivity index is 2.13. The highest BCUT2D eigenvalue weighted by Crippen LogP contribution is 2.32. The molecule has 3 heteroatoms. The van der Waals surface area contributed by atoms with E-state index in [2.05, 4.69) is 80.1 Å². The number of rotatable bonds is 5. The molecular formula is C17H28N2S. The first kappa shape index (κ1) is 15.9. The summed E-state index contributed by atoms with van der Waals surface area (Å²) in [6.07, 6.45) is 0. The van der Waals surface area contributed by atoms with Crippen LogP contribution in [0.25, 0.3) is 0 Å². The van der Waals surface area contributed by atoms with Crippen molar-refractivity contribution in [3.05, 3.63) is 35.9 Å². The van der Waals surface area contributed by atoms with E-state index in [1.807, 2.05) is 0 Å². The predicted octanol–water partition coefficient (Wildman–Crippen LogP) is 2.99. The molecule has 1 fully saturated rings. The van der Waals surface area contributed by atoms with Crippen LogP contribution in [0.5, 0.6) is 0 Å². The zero-order valence-electron chi connectivity index (χ0n) is 13.3. The highest BCUT2D eigenvalue weighted by Gasteiger charge is 2.33. The topological polar surface area (TPSA) is 15.3 Å². The fraction of sp³-hybridized carbons (Fsp3) is 0.647. The largest absolute Gasteiger partial charge is 0.319 e. The van der Waals surface area contributed by atoms with Gasteiger partial charge in [-0.25, -0.2) is 0 Å². The average Bonchev–Trinajstić information content (AvgIpc) is 2.39. The number of benzene rings is 1. The molecule has 1 N–H and O–H groups in total. The van der Waals surface area contributed by atoms with Crippen molar-refractivity contribution in [1.29, 1.82) is 0 Å². The monoisotopic (exact) mass is 292 g/mol. The zero-order valence-corrected chi connectivity index (χ0v) is 14.1. The van der Waals surface area contributed by atoms with E-state index in [1.54, 1.807) is 0 Å². The van der Waals surface area contributed by atoms with Crippen LogP contribution in [0.4, 0.5) is 0 Å². The lowest BCUT2D eigenvalue weighted by Crippen LogP contribution is -2.51. The van der Waals surface area contributed by atoms with Gasteiger partial charge in [0.05, 0.1) is 0 Å². The number of hydrogen-bond donors (Lipinski definition) is 1. The summed E-state index contributed by atoms with van der Waals surface area (Å²) in [5, 5.41) is 3.39. The summed E-state index contributed by atoms with van der Waals surface area (Å²) in [6, 6.07) is 10.9. The predicted molar refractivity (Wildman–Crippen MR) is 90.7 cm³/mol. The van der Waals surface area contributed by atoms with Crippen molar-refractivity contribution in [2.75, 3.05) is 39.0 Å². The third-order valence-electron chi connectivity index (χ3n) is 4.11. The van der Waals surface area contributed by atoms with Crippen molar-refractivity contribution in [2.45, 2.75) is 30.9 Å². The molecule has 2 nitrogen and oxygen atoms in total. The molecule has 0 spiro atoms. The second-order valence-corrected chi connectivity index (χ2v) is 8.58. The van der Waals surface area contributed by atoms with Gasteiger partial charge in [0.2, 0.25) is 0 Å². The molecule has 1 heterocycles. The van der Waals surface area contributed by atoms with Gasteiger partial charge in [0.1, 0.15) is 0 Å². The molecular weight excluding hydrogens is 264 g/mol. The third-order valence-corrected chi connectivity index (χ3v) is 5.41. The molecule has 1 aromatic rings. The summed E-state index contributed by atoms with van der Waals surface area (Å²) in [5.74, 6) is 1.25. The van der Waals surface area contributed by atoms with E-state index in [0.717, 1.165) is 13.1 Å². The number of hydrogen-bond acceptors (Lipinski definition) is 3. The molecule has 2 rings (SSSR count). The second-order valence-electron chi connectivity index (χ2n) is 6.78. The number of nitrogens with zero attached hydrogens (tertiary/aromatic N) is 1. The number of thioether (sulfide) groups is 1. The van der Waals surface area contributed by atoms with Crippen molar-refractivity contribution in [1.82, 2.24) is 10.2 Å².